The number of sulfonamides is 1. The van der Waals surface area contributed by atoms with Crippen LogP contribution in [0.4, 0.5) is 0 Å². The molecule has 1 saturated carbocycles. The van der Waals surface area contributed by atoms with Crippen LogP contribution in [-0.2, 0) is 14.8 Å². The quantitative estimate of drug-likeness (QED) is 0.614. The maximum Gasteiger partial charge on any atom is 0.220 e. The fourth-order valence-corrected chi connectivity index (χ4v) is 4.11. The van der Waals surface area contributed by atoms with E-state index in [-0.39, 0.29) is 29.7 Å². The Kier molecular flexibility index (Phi) is 7.09. The Morgan fingerprint density at radius 3 is 2.38 bits per heavy atom. The van der Waals surface area contributed by atoms with E-state index in [4.69, 9.17) is 5.73 Å². The average molecular weight is 319 g/mol. The molecule has 0 saturated heterocycles. The van der Waals surface area contributed by atoms with Gasteiger partial charge < -0.3 is 11.1 Å². The monoisotopic (exact) mass is 319 g/mol. The third-order valence-electron chi connectivity index (χ3n) is 3.99. The predicted octanol–water partition coefficient (Wildman–Crippen LogP) is 0.730. The molecular formula is C14H29N3O3S. The molecule has 1 fully saturated rings. The molecule has 0 heterocycles. The molecule has 0 bridgehead atoms. The number of nitrogens with one attached hydrogen (secondary N) is 2. The summed E-state index contributed by atoms with van der Waals surface area (Å²) in [5.74, 6) is -0.186. The van der Waals surface area contributed by atoms with Crippen LogP contribution in [0.2, 0.25) is 0 Å². The molecule has 0 aromatic carbocycles. The van der Waals surface area contributed by atoms with Gasteiger partial charge in [0.25, 0.3) is 0 Å². The van der Waals surface area contributed by atoms with Crippen LogP contribution in [0.5, 0.6) is 0 Å². The van der Waals surface area contributed by atoms with Crippen molar-refractivity contribution in [2.45, 2.75) is 58.4 Å². The molecular weight excluding hydrogens is 290 g/mol. The van der Waals surface area contributed by atoms with Gasteiger partial charge in [-0.2, -0.15) is 0 Å². The molecule has 0 aromatic rings. The molecule has 0 spiro atoms. The van der Waals surface area contributed by atoms with E-state index in [2.05, 4.69) is 10.0 Å². The molecule has 1 aliphatic carbocycles. The minimum Gasteiger partial charge on any atom is -0.355 e. The lowest BCUT2D eigenvalue weighted by Gasteiger charge is -2.35. The van der Waals surface area contributed by atoms with E-state index < -0.39 is 10.0 Å². The molecule has 0 aliphatic heterocycles. The lowest BCUT2D eigenvalue weighted by atomic mass is 9.72. The summed E-state index contributed by atoms with van der Waals surface area (Å²) in [5, 5.41) is 2.70. The Bertz CT molecular complexity index is 429. The van der Waals surface area contributed by atoms with Gasteiger partial charge in [-0.15, -0.1) is 0 Å². The summed E-state index contributed by atoms with van der Waals surface area (Å²) in [6.07, 6.45) is 5.84. The summed E-state index contributed by atoms with van der Waals surface area (Å²) < 4.78 is 25.8. The fourth-order valence-electron chi connectivity index (χ4n) is 2.90. The summed E-state index contributed by atoms with van der Waals surface area (Å²) in [6.45, 7) is 4.20. The van der Waals surface area contributed by atoms with Gasteiger partial charge in [0.15, 0.2) is 0 Å². The number of hydrogen-bond acceptors (Lipinski definition) is 4. The molecule has 124 valence electrons. The van der Waals surface area contributed by atoms with E-state index in [1.807, 2.05) is 0 Å². The first-order valence-corrected chi connectivity index (χ1v) is 9.41. The first-order valence-electron chi connectivity index (χ1n) is 7.75. The minimum absolute atomic E-state index is 0.0859. The van der Waals surface area contributed by atoms with E-state index in [9.17, 15) is 13.2 Å². The standard InChI is InChI=1S/C14H29N3O3S/c1-12(2)17-21(19,20)9-8-16-13(18)10-14(11-15)6-4-3-5-7-14/h12,17H,3-11,15H2,1-2H3,(H,16,18). The van der Waals surface area contributed by atoms with E-state index >= 15 is 0 Å². The predicted molar refractivity (Wildman–Crippen MR) is 84.3 cm³/mol. The molecule has 1 rings (SSSR count). The Balaban J connectivity index is 2.37. The van der Waals surface area contributed by atoms with Crippen LogP contribution in [0.15, 0.2) is 0 Å². The maximum absolute atomic E-state index is 12.0. The topological polar surface area (TPSA) is 101 Å². The minimum atomic E-state index is -3.32. The van der Waals surface area contributed by atoms with Crippen LogP contribution >= 0.6 is 0 Å². The second-order valence-electron chi connectivity index (χ2n) is 6.38. The first-order chi connectivity index (χ1) is 9.79. The summed E-state index contributed by atoms with van der Waals surface area (Å²) in [7, 11) is -3.32. The number of carbonyl (C=O) groups is 1. The number of amides is 1. The zero-order valence-corrected chi connectivity index (χ0v) is 14.0. The fraction of sp³-hybridized carbons (Fsp3) is 0.929. The second-order valence-corrected chi connectivity index (χ2v) is 8.26. The van der Waals surface area contributed by atoms with Crippen molar-refractivity contribution in [2.75, 3.05) is 18.8 Å². The lowest BCUT2D eigenvalue weighted by molar-refractivity contribution is -0.123. The summed E-state index contributed by atoms with van der Waals surface area (Å²) in [5.41, 5.74) is 5.77. The number of carbonyl (C=O) groups excluding carboxylic acids is 1. The van der Waals surface area contributed by atoms with Gasteiger partial charge in [0, 0.05) is 19.0 Å². The molecule has 1 amide bonds. The Morgan fingerprint density at radius 2 is 1.86 bits per heavy atom. The highest BCUT2D eigenvalue weighted by molar-refractivity contribution is 7.89. The Labute approximate surface area is 128 Å². The van der Waals surface area contributed by atoms with Gasteiger partial charge in [-0.1, -0.05) is 19.3 Å². The van der Waals surface area contributed by atoms with E-state index in [1.54, 1.807) is 13.8 Å². The molecule has 0 radical (unpaired) electrons. The van der Waals surface area contributed by atoms with Crippen LogP contribution < -0.4 is 15.8 Å². The van der Waals surface area contributed by atoms with Gasteiger partial charge in [0.05, 0.1) is 5.75 Å². The van der Waals surface area contributed by atoms with Gasteiger partial charge in [-0.05, 0) is 38.6 Å². The molecule has 1 aliphatic rings. The van der Waals surface area contributed by atoms with Crippen molar-refractivity contribution in [1.82, 2.24) is 10.0 Å². The summed E-state index contributed by atoms with van der Waals surface area (Å²) in [4.78, 5) is 12.0. The first kappa shape index (κ1) is 18.4. The molecule has 0 atom stereocenters. The number of nitrogens with two attached hydrogens (primary N) is 1. The zero-order valence-electron chi connectivity index (χ0n) is 13.2. The second kappa shape index (κ2) is 8.10. The maximum atomic E-state index is 12.0. The third-order valence-corrected chi connectivity index (χ3v) is 5.56. The number of rotatable bonds is 8. The van der Waals surface area contributed by atoms with Crippen LogP contribution in [0.3, 0.4) is 0 Å². The average Bonchev–Trinajstić information content (AvgIpc) is 2.37. The molecule has 21 heavy (non-hydrogen) atoms. The molecule has 7 heteroatoms. The van der Waals surface area contributed by atoms with Crippen LogP contribution in [0.1, 0.15) is 52.4 Å². The molecule has 0 unspecified atom stereocenters. The van der Waals surface area contributed by atoms with E-state index in [0.29, 0.717) is 13.0 Å². The number of hydrogen-bond donors (Lipinski definition) is 3. The summed E-state index contributed by atoms with van der Waals surface area (Å²) in [6, 6.07) is -0.131. The highest BCUT2D eigenvalue weighted by Crippen LogP contribution is 2.38. The zero-order chi connectivity index (χ0) is 15.9. The van der Waals surface area contributed by atoms with Crippen molar-refractivity contribution in [1.29, 1.82) is 0 Å². The SMILES string of the molecule is CC(C)NS(=O)(=O)CCNC(=O)CC1(CN)CCCCC1. The van der Waals surface area contributed by atoms with Crippen molar-refractivity contribution < 1.29 is 13.2 Å². The molecule has 0 aromatic heterocycles. The smallest absolute Gasteiger partial charge is 0.220 e. The molecule has 4 N–H and O–H groups in total. The van der Waals surface area contributed by atoms with Crippen molar-refractivity contribution in [2.24, 2.45) is 11.1 Å². The Morgan fingerprint density at radius 1 is 1.24 bits per heavy atom. The largest absolute Gasteiger partial charge is 0.355 e. The van der Waals surface area contributed by atoms with Gasteiger partial charge in [-0.25, -0.2) is 13.1 Å². The highest BCUT2D eigenvalue weighted by atomic mass is 32.2. The van der Waals surface area contributed by atoms with Crippen molar-refractivity contribution in [3.05, 3.63) is 0 Å². The third kappa shape index (κ3) is 6.76. The van der Waals surface area contributed by atoms with Crippen LogP contribution in [-0.4, -0.2) is 39.2 Å². The van der Waals surface area contributed by atoms with E-state index in [1.165, 1.54) is 6.42 Å². The Hall–Kier alpha value is -0.660. The van der Waals surface area contributed by atoms with Crippen molar-refractivity contribution in [3.63, 3.8) is 0 Å². The normalized spacial score (nSPS) is 18.7. The van der Waals surface area contributed by atoms with Gasteiger partial charge in [0.2, 0.25) is 15.9 Å². The van der Waals surface area contributed by atoms with Crippen molar-refractivity contribution >= 4 is 15.9 Å². The van der Waals surface area contributed by atoms with Gasteiger partial charge >= 0.3 is 0 Å². The van der Waals surface area contributed by atoms with Gasteiger partial charge in [0.1, 0.15) is 0 Å². The highest BCUT2D eigenvalue weighted by Gasteiger charge is 2.32. The summed E-state index contributed by atoms with van der Waals surface area (Å²) >= 11 is 0. The van der Waals surface area contributed by atoms with Crippen LogP contribution in [0.25, 0.3) is 0 Å². The molecule has 6 nitrogen and oxygen atoms in total. The van der Waals surface area contributed by atoms with Crippen LogP contribution in [0, 0.1) is 5.41 Å². The van der Waals surface area contributed by atoms with E-state index in [0.717, 1.165) is 25.7 Å². The lowest BCUT2D eigenvalue weighted by Crippen LogP contribution is -2.41. The van der Waals surface area contributed by atoms with Crippen molar-refractivity contribution in [3.8, 4) is 0 Å². The van der Waals surface area contributed by atoms with Gasteiger partial charge in [-0.3, -0.25) is 4.79 Å².